The van der Waals surface area contributed by atoms with Crippen molar-refractivity contribution >= 4 is 0 Å². The number of aliphatic hydroxyl groups is 1. The predicted molar refractivity (Wildman–Crippen MR) is 101 cm³/mol. The van der Waals surface area contributed by atoms with Gasteiger partial charge in [0.25, 0.3) is 0 Å². The van der Waals surface area contributed by atoms with Gasteiger partial charge in [0, 0.05) is 32.7 Å². The highest BCUT2D eigenvalue weighted by molar-refractivity contribution is 5.43. The van der Waals surface area contributed by atoms with Crippen LogP contribution in [0.3, 0.4) is 0 Å². The topological polar surface area (TPSA) is 54.4 Å². The summed E-state index contributed by atoms with van der Waals surface area (Å²) in [5.74, 6) is 2.29. The highest BCUT2D eigenvalue weighted by Gasteiger charge is 2.23. The van der Waals surface area contributed by atoms with Crippen LogP contribution in [0.25, 0.3) is 0 Å². The normalized spacial score (nSPS) is 19.5. The summed E-state index contributed by atoms with van der Waals surface area (Å²) in [6.45, 7) is 6.13. The van der Waals surface area contributed by atoms with Crippen molar-refractivity contribution in [1.82, 2.24) is 9.80 Å². The van der Waals surface area contributed by atoms with Crippen LogP contribution >= 0.6 is 0 Å². The van der Waals surface area contributed by atoms with Crippen LogP contribution in [-0.4, -0.2) is 81.2 Å². The van der Waals surface area contributed by atoms with E-state index in [1.165, 1.54) is 18.4 Å². The van der Waals surface area contributed by atoms with Gasteiger partial charge in [0.1, 0.15) is 12.7 Å². The van der Waals surface area contributed by atoms with Crippen LogP contribution in [0, 0.1) is 5.92 Å². The Bertz CT molecular complexity index is 559. The van der Waals surface area contributed by atoms with Gasteiger partial charge < -0.3 is 24.2 Å². The van der Waals surface area contributed by atoms with Crippen molar-refractivity contribution in [2.45, 2.75) is 25.5 Å². The lowest BCUT2D eigenvalue weighted by molar-refractivity contribution is 0.00445. The summed E-state index contributed by atoms with van der Waals surface area (Å²) in [7, 11) is 3.82. The molecular weight excluding hydrogens is 332 g/mol. The van der Waals surface area contributed by atoms with E-state index < -0.39 is 6.10 Å². The third-order valence-electron chi connectivity index (χ3n) is 4.95. The van der Waals surface area contributed by atoms with Gasteiger partial charge in [0.05, 0.1) is 20.3 Å². The number of rotatable bonds is 10. The Balaban J connectivity index is 1.48. The summed E-state index contributed by atoms with van der Waals surface area (Å²) >= 11 is 0. The average Bonchev–Trinajstić information content (AvgIpc) is 3.45. The monoisotopic (exact) mass is 364 g/mol. The van der Waals surface area contributed by atoms with Crippen LogP contribution in [0.2, 0.25) is 0 Å². The minimum Gasteiger partial charge on any atom is -0.493 e. The molecule has 146 valence electrons. The second-order valence-corrected chi connectivity index (χ2v) is 7.50. The number of methoxy groups -OCH3 is 1. The van der Waals surface area contributed by atoms with Crippen molar-refractivity contribution in [2.75, 3.05) is 60.2 Å². The number of nitrogens with zero attached hydrogens (tertiary/aromatic N) is 2. The van der Waals surface area contributed by atoms with E-state index in [-0.39, 0.29) is 6.61 Å². The molecule has 6 nitrogen and oxygen atoms in total. The van der Waals surface area contributed by atoms with Crippen molar-refractivity contribution in [3.05, 3.63) is 23.8 Å². The quantitative estimate of drug-likeness (QED) is 0.681. The summed E-state index contributed by atoms with van der Waals surface area (Å²) in [5, 5.41) is 10.2. The number of ether oxygens (including phenoxy) is 3. The molecule has 2 fully saturated rings. The Kier molecular flexibility index (Phi) is 7.14. The zero-order chi connectivity index (χ0) is 18.4. The van der Waals surface area contributed by atoms with E-state index in [9.17, 15) is 5.11 Å². The summed E-state index contributed by atoms with van der Waals surface area (Å²) in [5.41, 5.74) is 1.21. The largest absolute Gasteiger partial charge is 0.493 e. The van der Waals surface area contributed by atoms with E-state index in [2.05, 4.69) is 22.9 Å². The van der Waals surface area contributed by atoms with Crippen LogP contribution in [0.4, 0.5) is 0 Å². The van der Waals surface area contributed by atoms with E-state index in [1.807, 2.05) is 12.1 Å². The molecule has 1 aliphatic carbocycles. The first-order valence-corrected chi connectivity index (χ1v) is 9.60. The molecule has 2 aliphatic rings. The number of hydrogen-bond donors (Lipinski definition) is 1. The average molecular weight is 364 g/mol. The molecule has 0 unspecified atom stereocenters. The molecule has 3 rings (SSSR count). The number of hydrogen-bond acceptors (Lipinski definition) is 6. The molecule has 1 aliphatic heterocycles. The number of β-amino-alcohol motifs (C(OH)–C–C–N with tert-alkyl or cyclic N) is 1. The van der Waals surface area contributed by atoms with Crippen LogP contribution in [0.5, 0.6) is 11.5 Å². The number of morpholine rings is 1. The molecule has 0 amide bonds. The Morgan fingerprint density at radius 2 is 2.04 bits per heavy atom. The smallest absolute Gasteiger partial charge is 0.161 e. The van der Waals surface area contributed by atoms with Gasteiger partial charge in [-0.3, -0.25) is 4.90 Å². The lowest BCUT2D eigenvalue weighted by Gasteiger charge is -2.28. The van der Waals surface area contributed by atoms with E-state index in [0.29, 0.717) is 12.3 Å². The fourth-order valence-electron chi connectivity index (χ4n) is 3.37. The van der Waals surface area contributed by atoms with Crippen molar-refractivity contribution in [3.63, 3.8) is 0 Å². The van der Waals surface area contributed by atoms with Gasteiger partial charge in [0.15, 0.2) is 11.5 Å². The molecule has 1 N–H and O–H groups in total. The predicted octanol–water partition coefficient (Wildman–Crippen LogP) is 1.61. The van der Waals surface area contributed by atoms with Crippen LogP contribution < -0.4 is 9.47 Å². The minimum absolute atomic E-state index is 0.259. The number of aliphatic hydroxyl groups excluding tert-OH is 1. The van der Waals surface area contributed by atoms with E-state index in [4.69, 9.17) is 14.2 Å². The van der Waals surface area contributed by atoms with Crippen molar-refractivity contribution in [3.8, 4) is 11.5 Å². The summed E-state index contributed by atoms with van der Waals surface area (Å²) < 4.78 is 16.6. The molecular formula is C20H32N2O4. The standard InChI is InChI=1S/C20H32N2O4/c1-21(12-16-3-4-16)13-17-5-6-19(20(11-17)24-2)26-15-18(23)14-22-7-9-25-10-8-22/h5-6,11,16,18,23H,3-4,7-10,12-15H2,1-2H3/t18-/m0/s1. The Morgan fingerprint density at radius 1 is 1.27 bits per heavy atom. The summed E-state index contributed by atoms with van der Waals surface area (Å²) in [4.78, 5) is 4.56. The van der Waals surface area contributed by atoms with E-state index in [0.717, 1.165) is 51.1 Å². The van der Waals surface area contributed by atoms with Gasteiger partial charge >= 0.3 is 0 Å². The zero-order valence-electron chi connectivity index (χ0n) is 16.0. The van der Waals surface area contributed by atoms with Gasteiger partial charge in [-0.25, -0.2) is 0 Å². The Morgan fingerprint density at radius 3 is 2.73 bits per heavy atom. The van der Waals surface area contributed by atoms with Gasteiger partial charge in [-0.15, -0.1) is 0 Å². The molecule has 26 heavy (non-hydrogen) atoms. The maximum Gasteiger partial charge on any atom is 0.161 e. The lowest BCUT2D eigenvalue weighted by Crippen LogP contribution is -2.42. The van der Waals surface area contributed by atoms with Gasteiger partial charge in [-0.05, 0) is 43.5 Å². The lowest BCUT2D eigenvalue weighted by atomic mass is 10.2. The molecule has 0 bridgehead atoms. The Hall–Kier alpha value is -1.34. The summed E-state index contributed by atoms with van der Waals surface area (Å²) in [6, 6.07) is 6.06. The number of benzene rings is 1. The first-order valence-electron chi connectivity index (χ1n) is 9.60. The molecule has 1 atom stereocenters. The maximum absolute atomic E-state index is 10.2. The van der Waals surface area contributed by atoms with Crippen LogP contribution in [0.1, 0.15) is 18.4 Å². The molecule has 6 heteroatoms. The molecule has 0 radical (unpaired) electrons. The van der Waals surface area contributed by atoms with Crippen molar-refractivity contribution < 1.29 is 19.3 Å². The fraction of sp³-hybridized carbons (Fsp3) is 0.700. The second kappa shape index (κ2) is 9.55. The van der Waals surface area contributed by atoms with Crippen molar-refractivity contribution in [1.29, 1.82) is 0 Å². The minimum atomic E-state index is -0.526. The first kappa shape index (κ1) is 19.4. The third kappa shape index (κ3) is 6.13. The zero-order valence-corrected chi connectivity index (χ0v) is 16.0. The SMILES string of the molecule is COc1cc(CN(C)CC2CC2)ccc1OC[C@@H](O)CN1CCOCC1. The third-order valence-corrected chi connectivity index (χ3v) is 4.95. The molecule has 1 saturated carbocycles. The van der Waals surface area contributed by atoms with Crippen LogP contribution in [0.15, 0.2) is 18.2 Å². The molecule has 1 saturated heterocycles. The summed E-state index contributed by atoms with van der Waals surface area (Å²) in [6.07, 6.45) is 2.21. The van der Waals surface area contributed by atoms with E-state index in [1.54, 1.807) is 7.11 Å². The molecule has 0 aromatic heterocycles. The Labute approximate surface area is 156 Å². The maximum atomic E-state index is 10.2. The highest BCUT2D eigenvalue weighted by atomic mass is 16.5. The molecule has 1 aromatic carbocycles. The van der Waals surface area contributed by atoms with Gasteiger partial charge in [-0.1, -0.05) is 6.07 Å². The van der Waals surface area contributed by atoms with E-state index >= 15 is 0 Å². The van der Waals surface area contributed by atoms with Crippen molar-refractivity contribution in [2.24, 2.45) is 5.92 Å². The molecule has 0 spiro atoms. The van der Waals surface area contributed by atoms with Gasteiger partial charge in [-0.2, -0.15) is 0 Å². The van der Waals surface area contributed by atoms with Crippen LogP contribution in [-0.2, 0) is 11.3 Å². The second-order valence-electron chi connectivity index (χ2n) is 7.50. The van der Waals surface area contributed by atoms with Gasteiger partial charge in [0.2, 0.25) is 0 Å². The molecule has 1 aromatic rings. The first-order chi connectivity index (χ1) is 12.6. The highest BCUT2D eigenvalue weighted by Crippen LogP contribution is 2.31. The molecule has 1 heterocycles. The fourth-order valence-corrected chi connectivity index (χ4v) is 3.37.